The summed E-state index contributed by atoms with van der Waals surface area (Å²) in [5.74, 6) is 1.35. The molecule has 0 radical (unpaired) electrons. The van der Waals surface area contributed by atoms with Crippen LogP contribution in [0.5, 0.6) is 11.5 Å². The molecule has 0 fully saturated rings. The predicted molar refractivity (Wildman–Crippen MR) is 80.7 cm³/mol. The number of hydrogen-bond donors (Lipinski definition) is 1. The van der Waals surface area contributed by atoms with Gasteiger partial charge in [0.05, 0.1) is 31.4 Å². The average Bonchev–Trinajstić information content (AvgIpc) is 2.97. The van der Waals surface area contributed by atoms with E-state index in [1.54, 1.807) is 12.5 Å². The molecular weight excluding hydrogens is 268 g/mol. The lowest BCUT2D eigenvalue weighted by molar-refractivity contribution is 0.209. The SMILES string of the molecule is CCOc1ccc(C(O)c2cncn2CC)cc1OCC. The first-order valence-corrected chi connectivity index (χ1v) is 7.28. The van der Waals surface area contributed by atoms with E-state index in [1.807, 2.05) is 43.5 Å². The number of benzene rings is 1. The Labute approximate surface area is 125 Å². The van der Waals surface area contributed by atoms with Gasteiger partial charge < -0.3 is 19.1 Å². The Morgan fingerprint density at radius 3 is 2.52 bits per heavy atom. The second kappa shape index (κ2) is 7.13. The van der Waals surface area contributed by atoms with E-state index in [9.17, 15) is 5.11 Å². The first-order valence-electron chi connectivity index (χ1n) is 7.28. The number of aliphatic hydroxyl groups excluding tert-OH is 1. The van der Waals surface area contributed by atoms with Gasteiger partial charge in [-0.3, -0.25) is 0 Å². The third kappa shape index (κ3) is 3.36. The third-order valence-electron chi connectivity index (χ3n) is 3.25. The Morgan fingerprint density at radius 1 is 1.14 bits per heavy atom. The van der Waals surface area contributed by atoms with Crippen molar-refractivity contribution >= 4 is 0 Å². The smallest absolute Gasteiger partial charge is 0.161 e. The topological polar surface area (TPSA) is 56.5 Å². The molecule has 0 amide bonds. The summed E-state index contributed by atoms with van der Waals surface area (Å²) in [6.07, 6.45) is 2.67. The Kier molecular flexibility index (Phi) is 5.22. The summed E-state index contributed by atoms with van der Waals surface area (Å²) in [5, 5.41) is 10.5. The number of ether oxygens (including phenoxy) is 2. The van der Waals surface area contributed by atoms with E-state index in [0.29, 0.717) is 24.7 Å². The van der Waals surface area contributed by atoms with Gasteiger partial charge in [-0.05, 0) is 38.5 Å². The molecule has 5 heteroatoms. The highest BCUT2D eigenvalue weighted by Crippen LogP contribution is 2.32. The predicted octanol–water partition coefficient (Wildman–Crippen LogP) is 2.78. The fourth-order valence-electron chi connectivity index (χ4n) is 2.23. The summed E-state index contributed by atoms with van der Waals surface area (Å²) in [6, 6.07) is 5.51. The lowest BCUT2D eigenvalue weighted by Crippen LogP contribution is -2.08. The van der Waals surface area contributed by atoms with Gasteiger partial charge in [0.2, 0.25) is 0 Å². The van der Waals surface area contributed by atoms with Crippen LogP contribution in [-0.4, -0.2) is 27.9 Å². The summed E-state index contributed by atoms with van der Waals surface area (Å²) in [5.41, 5.74) is 1.53. The molecule has 114 valence electrons. The molecule has 2 aromatic rings. The Morgan fingerprint density at radius 2 is 1.86 bits per heavy atom. The summed E-state index contributed by atoms with van der Waals surface area (Å²) in [7, 11) is 0. The van der Waals surface area contributed by atoms with Crippen LogP contribution in [0.25, 0.3) is 0 Å². The summed E-state index contributed by atoms with van der Waals surface area (Å²) >= 11 is 0. The van der Waals surface area contributed by atoms with Crippen LogP contribution in [-0.2, 0) is 6.54 Å². The van der Waals surface area contributed by atoms with E-state index >= 15 is 0 Å². The Balaban J connectivity index is 2.33. The Bertz CT molecular complexity index is 581. The zero-order valence-electron chi connectivity index (χ0n) is 12.7. The van der Waals surface area contributed by atoms with E-state index < -0.39 is 6.10 Å². The number of imidazole rings is 1. The van der Waals surface area contributed by atoms with Crippen molar-refractivity contribution in [3.8, 4) is 11.5 Å². The minimum Gasteiger partial charge on any atom is -0.490 e. The third-order valence-corrected chi connectivity index (χ3v) is 3.25. The summed E-state index contributed by atoms with van der Waals surface area (Å²) in [4.78, 5) is 4.09. The molecule has 0 bridgehead atoms. The van der Waals surface area contributed by atoms with Crippen LogP contribution < -0.4 is 9.47 Å². The van der Waals surface area contributed by atoms with Crippen LogP contribution in [0.4, 0.5) is 0 Å². The van der Waals surface area contributed by atoms with E-state index in [0.717, 1.165) is 17.8 Å². The van der Waals surface area contributed by atoms with Crippen LogP contribution in [0.3, 0.4) is 0 Å². The quantitative estimate of drug-likeness (QED) is 0.852. The maximum Gasteiger partial charge on any atom is 0.161 e. The van der Waals surface area contributed by atoms with Crippen molar-refractivity contribution in [1.29, 1.82) is 0 Å². The van der Waals surface area contributed by atoms with Crippen molar-refractivity contribution in [2.24, 2.45) is 0 Å². The molecule has 21 heavy (non-hydrogen) atoms. The molecule has 2 rings (SSSR count). The van der Waals surface area contributed by atoms with Crippen molar-refractivity contribution in [3.63, 3.8) is 0 Å². The normalized spacial score (nSPS) is 12.2. The van der Waals surface area contributed by atoms with Gasteiger partial charge in [0, 0.05) is 6.54 Å². The minimum absolute atomic E-state index is 0.548. The van der Waals surface area contributed by atoms with Crippen LogP contribution in [0.2, 0.25) is 0 Å². The van der Waals surface area contributed by atoms with Crippen molar-refractivity contribution in [1.82, 2.24) is 9.55 Å². The molecule has 1 aromatic carbocycles. The number of rotatable bonds is 7. The Hall–Kier alpha value is -2.01. The first kappa shape index (κ1) is 15.4. The number of aromatic nitrogens is 2. The lowest BCUT2D eigenvalue weighted by atomic mass is 10.1. The van der Waals surface area contributed by atoms with Crippen LogP contribution in [0, 0.1) is 0 Å². The zero-order valence-corrected chi connectivity index (χ0v) is 12.7. The summed E-state index contributed by atoms with van der Waals surface area (Å²) in [6.45, 7) is 7.75. The molecular formula is C16H22N2O3. The van der Waals surface area contributed by atoms with Gasteiger partial charge in [0.15, 0.2) is 11.5 Å². The molecule has 5 nitrogen and oxygen atoms in total. The second-order valence-electron chi connectivity index (χ2n) is 4.58. The maximum atomic E-state index is 10.5. The van der Waals surface area contributed by atoms with Crippen LogP contribution >= 0.6 is 0 Å². The molecule has 1 heterocycles. The molecule has 0 spiro atoms. The fourth-order valence-corrected chi connectivity index (χ4v) is 2.23. The van der Waals surface area contributed by atoms with Crippen molar-refractivity contribution in [3.05, 3.63) is 42.0 Å². The van der Waals surface area contributed by atoms with Crippen molar-refractivity contribution in [2.45, 2.75) is 33.4 Å². The zero-order chi connectivity index (χ0) is 15.2. The van der Waals surface area contributed by atoms with Crippen molar-refractivity contribution in [2.75, 3.05) is 13.2 Å². The minimum atomic E-state index is -0.734. The van der Waals surface area contributed by atoms with E-state index in [2.05, 4.69) is 4.98 Å². The van der Waals surface area contributed by atoms with Gasteiger partial charge in [-0.25, -0.2) is 4.98 Å². The molecule has 1 atom stereocenters. The highest BCUT2D eigenvalue weighted by Gasteiger charge is 2.17. The molecule has 0 saturated carbocycles. The number of aryl methyl sites for hydroxylation is 1. The van der Waals surface area contributed by atoms with Gasteiger partial charge in [-0.15, -0.1) is 0 Å². The van der Waals surface area contributed by atoms with Crippen molar-refractivity contribution < 1.29 is 14.6 Å². The highest BCUT2D eigenvalue weighted by atomic mass is 16.5. The van der Waals surface area contributed by atoms with Gasteiger partial charge in [0.25, 0.3) is 0 Å². The van der Waals surface area contributed by atoms with E-state index in [4.69, 9.17) is 9.47 Å². The molecule has 0 aliphatic heterocycles. The van der Waals surface area contributed by atoms with E-state index in [1.165, 1.54) is 0 Å². The standard InChI is InChI=1S/C16H22N2O3/c1-4-18-11-17-10-13(18)16(19)12-7-8-14(20-5-2)15(9-12)21-6-3/h7-11,16,19H,4-6H2,1-3H3. The molecule has 0 aliphatic carbocycles. The average molecular weight is 290 g/mol. The molecule has 1 unspecified atom stereocenters. The molecule has 1 aromatic heterocycles. The maximum absolute atomic E-state index is 10.5. The molecule has 0 saturated heterocycles. The summed E-state index contributed by atoms with van der Waals surface area (Å²) < 4.78 is 13.0. The number of nitrogens with zero attached hydrogens (tertiary/aromatic N) is 2. The monoisotopic (exact) mass is 290 g/mol. The van der Waals surface area contributed by atoms with Crippen LogP contribution in [0.15, 0.2) is 30.7 Å². The highest BCUT2D eigenvalue weighted by molar-refractivity contribution is 5.44. The second-order valence-corrected chi connectivity index (χ2v) is 4.58. The molecule has 1 N–H and O–H groups in total. The number of hydrogen-bond acceptors (Lipinski definition) is 4. The molecule has 0 aliphatic rings. The van der Waals surface area contributed by atoms with Gasteiger partial charge in [0.1, 0.15) is 6.10 Å². The van der Waals surface area contributed by atoms with Gasteiger partial charge in [-0.2, -0.15) is 0 Å². The first-order chi connectivity index (χ1) is 10.2. The largest absolute Gasteiger partial charge is 0.490 e. The van der Waals surface area contributed by atoms with Crippen LogP contribution in [0.1, 0.15) is 38.1 Å². The number of aliphatic hydroxyl groups is 1. The van der Waals surface area contributed by atoms with Gasteiger partial charge >= 0.3 is 0 Å². The van der Waals surface area contributed by atoms with E-state index in [-0.39, 0.29) is 0 Å². The fraction of sp³-hybridized carbons (Fsp3) is 0.438. The lowest BCUT2D eigenvalue weighted by Gasteiger charge is -2.16. The van der Waals surface area contributed by atoms with Gasteiger partial charge in [-0.1, -0.05) is 6.07 Å².